The standard InChI is InChI=1S/C25H24FN3O3S/c1-24(2)17-12-13-25(24,23(30)27-19-10-6-7-11-21(19)33(3,31)32)22-16(17)14-20(28-29-22)15-8-4-5-9-18(15)26/h4-11,14,17H,12-13H2,1-3H3,(H,27,30). The van der Waals surface area contributed by atoms with Crippen molar-refractivity contribution in [3.63, 3.8) is 0 Å². The summed E-state index contributed by atoms with van der Waals surface area (Å²) in [6, 6.07) is 14.7. The first kappa shape index (κ1) is 21.7. The SMILES string of the molecule is CC1(C)C2CCC1(C(=O)Nc1ccccc1S(C)(=O)=O)c1nnc(-c3ccccc3F)cc12. The van der Waals surface area contributed by atoms with Crippen LogP contribution in [0.5, 0.6) is 0 Å². The van der Waals surface area contributed by atoms with Crippen LogP contribution < -0.4 is 5.32 Å². The fraction of sp³-hybridized carbons (Fsp3) is 0.320. The maximum Gasteiger partial charge on any atom is 0.237 e. The first-order valence-electron chi connectivity index (χ1n) is 10.8. The zero-order valence-corrected chi connectivity index (χ0v) is 19.4. The van der Waals surface area contributed by atoms with Gasteiger partial charge in [-0.15, -0.1) is 0 Å². The molecule has 8 heteroatoms. The number of rotatable bonds is 4. The largest absolute Gasteiger partial charge is 0.324 e. The van der Waals surface area contributed by atoms with Gasteiger partial charge in [0.05, 0.1) is 27.4 Å². The van der Waals surface area contributed by atoms with Crippen LogP contribution in [0.1, 0.15) is 43.9 Å². The van der Waals surface area contributed by atoms with Crippen LogP contribution in [0.15, 0.2) is 59.5 Å². The third-order valence-electron chi connectivity index (χ3n) is 7.45. The van der Waals surface area contributed by atoms with Gasteiger partial charge in [-0.1, -0.05) is 38.1 Å². The van der Waals surface area contributed by atoms with Crippen molar-refractivity contribution in [2.45, 2.75) is 42.9 Å². The van der Waals surface area contributed by atoms with Gasteiger partial charge in [0.15, 0.2) is 9.84 Å². The number of benzene rings is 2. The quantitative estimate of drug-likeness (QED) is 0.614. The Balaban J connectivity index is 1.60. The lowest BCUT2D eigenvalue weighted by molar-refractivity contribution is -0.124. The number of nitrogens with one attached hydrogen (secondary N) is 1. The zero-order valence-electron chi connectivity index (χ0n) is 18.6. The molecule has 2 aliphatic rings. The summed E-state index contributed by atoms with van der Waals surface area (Å²) in [5, 5.41) is 11.6. The Morgan fingerprint density at radius 1 is 1.09 bits per heavy atom. The molecule has 0 radical (unpaired) electrons. The summed E-state index contributed by atoms with van der Waals surface area (Å²) in [5.41, 5.74) is 1.13. The van der Waals surface area contributed by atoms with E-state index in [9.17, 15) is 17.6 Å². The van der Waals surface area contributed by atoms with Crippen molar-refractivity contribution in [2.75, 3.05) is 11.6 Å². The molecular formula is C25H24FN3O3S. The summed E-state index contributed by atoms with van der Waals surface area (Å²) in [6.45, 7) is 4.08. The van der Waals surface area contributed by atoms with Gasteiger partial charge in [0.2, 0.25) is 5.91 Å². The van der Waals surface area contributed by atoms with E-state index in [-0.39, 0.29) is 28.2 Å². The molecule has 5 rings (SSSR count). The minimum atomic E-state index is -3.53. The topological polar surface area (TPSA) is 89.0 Å². The monoisotopic (exact) mass is 465 g/mol. The van der Waals surface area contributed by atoms with Gasteiger partial charge in [0.25, 0.3) is 0 Å². The average molecular weight is 466 g/mol. The van der Waals surface area contributed by atoms with Crippen molar-refractivity contribution < 1.29 is 17.6 Å². The van der Waals surface area contributed by atoms with Gasteiger partial charge < -0.3 is 5.32 Å². The van der Waals surface area contributed by atoms with Crippen molar-refractivity contribution in [2.24, 2.45) is 5.41 Å². The van der Waals surface area contributed by atoms with Gasteiger partial charge in [-0.25, -0.2) is 12.8 Å². The molecule has 1 N–H and O–H groups in total. The molecule has 1 amide bonds. The van der Waals surface area contributed by atoms with Crippen LogP contribution in [0, 0.1) is 11.2 Å². The fourth-order valence-electron chi connectivity index (χ4n) is 5.75. The van der Waals surface area contributed by atoms with E-state index < -0.39 is 20.7 Å². The molecule has 6 nitrogen and oxygen atoms in total. The molecule has 0 saturated heterocycles. The Morgan fingerprint density at radius 2 is 1.79 bits per heavy atom. The maximum absolute atomic E-state index is 14.4. The van der Waals surface area contributed by atoms with Crippen LogP contribution >= 0.6 is 0 Å². The zero-order chi connectivity index (χ0) is 23.6. The number of para-hydroxylation sites is 1. The Bertz CT molecular complexity index is 1400. The van der Waals surface area contributed by atoms with Crippen molar-refractivity contribution in [3.05, 3.63) is 71.7 Å². The second-order valence-electron chi connectivity index (χ2n) is 9.45. The van der Waals surface area contributed by atoms with Gasteiger partial charge >= 0.3 is 0 Å². The molecule has 1 aromatic heterocycles. The highest BCUT2D eigenvalue weighted by molar-refractivity contribution is 7.90. The molecule has 2 bridgehead atoms. The molecule has 0 aliphatic heterocycles. The molecule has 170 valence electrons. The van der Waals surface area contributed by atoms with Crippen LogP contribution in [0.4, 0.5) is 10.1 Å². The number of hydrogen-bond acceptors (Lipinski definition) is 5. The predicted octanol–water partition coefficient (Wildman–Crippen LogP) is 4.48. The molecule has 1 heterocycles. The van der Waals surface area contributed by atoms with Gasteiger partial charge in [-0.3, -0.25) is 4.79 Å². The summed E-state index contributed by atoms with van der Waals surface area (Å²) in [6.07, 6.45) is 2.48. The number of hydrogen-bond donors (Lipinski definition) is 1. The van der Waals surface area contributed by atoms with Crippen LogP contribution in [0.3, 0.4) is 0 Å². The minimum Gasteiger partial charge on any atom is -0.324 e. The van der Waals surface area contributed by atoms with E-state index in [0.717, 1.165) is 18.2 Å². The highest BCUT2D eigenvalue weighted by Crippen LogP contribution is 2.67. The number of fused-ring (bicyclic) bond motifs is 5. The van der Waals surface area contributed by atoms with Gasteiger partial charge in [-0.05, 0) is 60.1 Å². The van der Waals surface area contributed by atoms with Crippen LogP contribution in [-0.2, 0) is 20.0 Å². The number of carbonyl (C=O) groups is 1. The lowest BCUT2D eigenvalue weighted by Gasteiger charge is -2.36. The maximum atomic E-state index is 14.4. The number of anilines is 1. The van der Waals surface area contributed by atoms with Crippen molar-refractivity contribution in [3.8, 4) is 11.3 Å². The second-order valence-corrected chi connectivity index (χ2v) is 11.4. The van der Waals surface area contributed by atoms with Gasteiger partial charge in [-0.2, -0.15) is 10.2 Å². The molecule has 33 heavy (non-hydrogen) atoms. The lowest BCUT2D eigenvalue weighted by atomic mass is 9.67. The van der Waals surface area contributed by atoms with E-state index in [4.69, 9.17) is 0 Å². The van der Waals surface area contributed by atoms with Crippen molar-refractivity contribution in [1.29, 1.82) is 0 Å². The number of sulfone groups is 1. The first-order chi connectivity index (χ1) is 15.6. The summed E-state index contributed by atoms with van der Waals surface area (Å²) in [7, 11) is -3.53. The Hall–Kier alpha value is -3.13. The molecule has 0 spiro atoms. The minimum absolute atomic E-state index is 0.0597. The van der Waals surface area contributed by atoms with Crippen LogP contribution in [-0.4, -0.2) is 30.8 Å². The van der Waals surface area contributed by atoms with E-state index in [2.05, 4.69) is 15.5 Å². The number of amides is 1. The molecule has 3 aromatic rings. The Morgan fingerprint density at radius 3 is 2.52 bits per heavy atom. The van der Waals surface area contributed by atoms with Gasteiger partial charge in [0.1, 0.15) is 5.82 Å². The molecule has 2 aliphatic carbocycles. The highest BCUT2D eigenvalue weighted by Gasteiger charge is 2.67. The summed E-state index contributed by atoms with van der Waals surface area (Å²) >= 11 is 0. The first-order valence-corrected chi connectivity index (χ1v) is 12.7. The third kappa shape index (κ3) is 3.04. The van der Waals surface area contributed by atoms with Gasteiger partial charge in [0, 0.05) is 11.8 Å². The lowest BCUT2D eigenvalue weighted by Crippen LogP contribution is -2.47. The number of nitrogens with zero attached hydrogens (tertiary/aromatic N) is 2. The number of aromatic nitrogens is 2. The fourth-order valence-corrected chi connectivity index (χ4v) is 6.59. The van der Waals surface area contributed by atoms with Crippen molar-refractivity contribution >= 4 is 21.4 Å². The average Bonchev–Trinajstić information content (AvgIpc) is 3.15. The van der Waals surface area contributed by atoms with E-state index in [1.807, 2.05) is 19.9 Å². The Labute approximate surface area is 192 Å². The molecule has 1 saturated carbocycles. The highest BCUT2D eigenvalue weighted by atomic mass is 32.2. The number of halogens is 1. The van der Waals surface area contributed by atoms with E-state index in [1.165, 1.54) is 12.1 Å². The Kier molecular flexibility index (Phi) is 4.72. The third-order valence-corrected chi connectivity index (χ3v) is 8.61. The summed E-state index contributed by atoms with van der Waals surface area (Å²) in [4.78, 5) is 13.9. The van der Waals surface area contributed by atoms with Crippen LogP contribution in [0.2, 0.25) is 0 Å². The summed E-state index contributed by atoms with van der Waals surface area (Å²) in [5.74, 6) is -0.610. The smallest absolute Gasteiger partial charge is 0.237 e. The molecular weight excluding hydrogens is 441 g/mol. The van der Waals surface area contributed by atoms with E-state index in [1.54, 1.807) is 36.4 Å². The number of carbonyl (C=O) groups excluding carboxylic acids is 1. The van der Waals surface area contributed by atoms with Crippen molar-refractivity contribution in [1.82, 2.24) is 10.2 Å². The van der Waals surface area contributed by atoms with Crippen LogP contribution in [0.25, 0.3) is 11.3 Å². The normalized spacial score (nSPS) is 22.7. The molecule has 1 fully saturated rings. The van der Waals surface area contributed by atoms with E-state index >= 15 is 0 Å². The summed E-state index contributed by atoms with van der Waals surface area (Å²) < 4.78 is 38.8. The second kappa shape index (κ2) is 7.18. The molecule has 2 unspecified atom stereocenters. The molecule has 2 aromatic carbocycles. The molecule has 2 atom stereocenters. The van der Waals surface area contributed by atoms with E-state index in [0.29, 0.717) is 23.4 Å². The predicted molar refractivity (Wildman–Crippen MR) is 123 cm³/mol.